The summed E-state index contributed by atoms with van der Waals surface area (Å²) in [5.74, 6) is 2.38. The van der Waals surface area contributed by atoms with Gasteiger partial charge < -0.3 is 0 Å². The molecule has 0 unspecified atom stereocenters. The summed E-state index contributed by atoms with van der Waals surface area (Å²) in [6.45, 7) is 0. The molecule has 1 saturated carbocycles. The second kappa shape index (κ2) is 3.73. The Bertz CT molecular complexity index is 478. The summed E-state index contributed by atoms with van der Waals surface area (Å²) < 4.78 is 1.76. The largest absolute Gasteiger partial charge is 0.275 e. The third kappa shape index (κ3) is 1.62. The predicted octanol–water partition coefficient (Wildman–Crippen LogP) is 1.86. The van der Waals surface area contributed by atoms with Crippen LogP contribution in [0.15, 0.2) is 12.4 Å². The van der Waals surface area contributed by atoms with Gasteiger partial charge in [0.1, 0.15) is 5.82 Å². The van der Waals surface area contributed by atoms with E-state index in [1.807, 2.05) is 13.2 Å². The number of aromatic nitrogens is 5. The Labute approximate surface area is 93.9 Å². The van der Waals surface area contributed by atoms with Crippen LogP contribution in [0.4, 0.5) is 0 Å². The Morgan fingerprint density at radius 1 is 1.38 bits per heavy atom. The van der Waals surface area contributed by atoms with Crippen LogP contribution in [0, 0.1) is 0 Å². The first-order chi connectivity index (χ1) is 7.83. The molecule has 0 aliphatic heterocycles. The lowest BCUT2D eigenvalue weighted by Crippen LogP contribution is -1.94. The Balaban J connectivity index is 1.87. The van der Waals surface area contributed by atoms with Crippen LogP contribution in [0.5, 0.6) is 0 Å². The van der Waals surface area contributed by atoms with Crippen molar-refractivity contribution in [2.75, 3.05) is 0 Å². The molecule has 2 aromatic heterocycles. The molecule has 2 heterocycles. The first kappa shape index (κ1) is 9.57. The zero-order chi connectivity index (χ0) is 11.0. The summed E-state index contributed by atoms with van der Waals surface area (Å²) in [4.78, 5) is 4.56. The van der Waals surface area contributed by atoms with Crippen LogP contribution in [-0.2, 0) is 7.05 Å². The quantitative estimate of drug-likeness (QED) is 0.835. The Morgan fingerprint density at radius 2 is 2.19 bits per heavy atom. The second-order valence-electron chi connectivity index (χ2n) is 4.43. The first-order valence-electron chi connectivity index (χ1n) is 5.74. The molecule has 0 spiro atoms. The molecule has 2 aromatic rings. The number of hydrogen-bond acceptors (Lipinski definition) is 3. The van der Waals surface area contributed by atoms with Crippen molar-refractivity contribution in [3.63, 3.8) is 0 Å². The fraction of sp³-hybridized carbons (Fsp3) is 0.545. The highest BCUT2D eigenvalue weighted by atomic mass is 15.3. The van der Waals surface area contributed by atoms with E-state index in [0.29, 0.717) is 5.92 Å². The predicted molar refractivity (Wildman–Crippen MR) is 59.8 cm³/mol. The van der Waals surface area contributed by atoms with Crippen molar-refractivity contribution in [1.82, 2.24) is 25.0 Å². The molecule has 0 amide bonds. The lowest BCUT2D eigenvalue weighted by atomic mass is 10.1. The minimum Gasteiger partial charge on any atom is -0.275 e. The fourth-order valence-corrected chi connectivity index (χ4v) is 2.32. The number of hydrogen-bond donors (Lipinski definition) is 1. The van der Waals surface area contributed by atoms with Gasteiger partial charge in [-0.05, 0) is 12.8 Å². The fourth-order valence-electron chi connectivity index (χ4n) is 2.32. The number of nitrogens with one attached hydrogen (secondary N) is 1. The maximum absolute atomic E-state index is 4.56. The van der Waals surface area contributed by atoms with Crippen LogP contribution in [-0.4, -0.2) is 25.0 Å². The van der Waals surface area contributed by atoms with Crippen molar-refractivity contribution in [1.29, 1.82) is 0 Å². The highest BCUT2D eigenvalue weighted by Gasteiger charge is 2.21. The van der Waals surface area contributed by atoms with Crippen molar-refractivity contribution >= 4 is 0 Å². The van der Waals surface area contributed by atoms with E-state index >= 15 is 0 Å². The molecule has 0 aromatic carbocycles. The lowest BCUT2D eigenvalue weighted by Gasteiger charge is -2.01. The summed E-state index contributed by atoms with van der Waals surface area (Å²) in [6.07, 6.45) is 8.83. The molecule has 1 N–H and O–H groups in total. The van der Waals surface area contributed by atoms with Gasteiger partial charge in [-0.2, -0.15) is 10.2 Å². The van der Waals surface area contributed by atoms with Crippen molar-refractivity contribution in [3.8, 4) is 11.4 Å². The summed E-state index contributed by atoms with van der Waals surface area (Å²) in [7, 11) is 1.90. The minimum atomic E-state index is 0.581. The highest BCUT2D eigenvalue weighted by molar-refractivity contribution is 5.51. The topological polar surface area (TPSA) is 59.4 Å². The zero-order valence-corrected chi connectivity index (χ0v) is 9.35. The monoisotopic (exact) mass is 217 g/mol. The Hall–Kier alpha value is -1.65. The van der Waals surface area contributed by atoms with Gasteiger partial charge in [-0.25, -0.2) is 4.98 Å². The molecule has 0 atom stereocenters. The second-order valence-corrected chi connectivity index (χ2v) is 4.43. The van der Waals surface area contributed by atoms with Crippen LogP contribution < -0.4 is 0 Å². The third-order valence-corrected chi connectivity index (χ3v) is 3.21. The van der Waals surface area contributed by atoms with Crippen LogP contribution in [0.2, 0.25) is 0 Å². The molecule has 0 radical (unpaired) electrons. The maximum Gasteiger partial charge on any atom is 0.184 e. The molecule has 0 bridgehead atoms. The highest BCUT2D eigenvalue weighted by Crippen LogP contribution is 2.32. The number of aromatic amines is 1. The van der Waals surface area contributed by atoms with Crippen LogP contribution >= 0.6 is 0 Å². The van der Waals surface area contributed by atoms with Crippen molar-refractivity contribution < 1.29 is 0 Å². The van der Waals surface area contributed by atoms with E-state index in [0.717, 1.165) is 17.2 Å². The van der Waals surface area contributed by atoms with Gasteiger partial charge in [0.25, 0.3) is 0 Å². The summed E-state index contributed by atoms with van der Waals surface area (Å²) in [6, 6.07) is 0. The lowest BCUT2D eigenvalue weighted by molar-refractivity contribution is 0.672. The molecule has 5 nitrogen and oxygen atoms in total. The molecule has 0 saturated heterocycles. The van der Waals surface area contributed by atoms with E-state index in [1.54, 1.807) is 10.9 Å². The van der Waals surface area contributed by atoms with E-state index in [4.69, 9.17) is 0 Å². The number of aryl methyl sites for hydroxylation is 1. The van der Waals surface area contributed by atoms with Crippen molar-refractivity contribution in [2.45, 2.75) is 31.6 Å². The number of H-pyrrole nitrogens is 1. The van der Waals surface area contributed by atoms with Gasteiger partial charge in [-0.15, -0.1) is 0 Å². The normalized spacial score (nSPS) is 17.1. The molecule has 3 rings (SSSR count). The third-order valence-electron chi connectivity index (χ3n) is 3.21. The van der Waals surface area contributed by atoms with E-state index in [9.17, 15) is 0 Å². The average Bonchev–Trinajstić information content (AvgIpc) is 2.97. The Kier molecular flexibility index (Phi) is 2.23. The average molecular weight is 217 g/mol. The standard InChI is InChI=1S/C11H15N5/c1-16-7-9(6-12-16)11-13-10(14-15-11)8-4-2-3-5-8/h6-8H,2-5H2,1H3,(H,13,14,15). The van der Waals surface area contributed by atoms with E-state index in [2.05, 4.69) is 20.3 Å². The first-order valence-corrected chi connectivity index (χ1v) is 5.74. The molecule has 1 fully saturated rings. The van der Waals surface area contributed by atoms with E-state index < -0.39 is 0 Å². The maximum atomic E-state index is 4.56. The van der Waals surface area contributed by atoms with E-state index in [1.165, 1.54) is 25.7 Å². The van der Waals surface area contributed by atoms with Crippen molar-refractivity contribution in [3.05, 3.63) is 18.2 Å². The van der Waals surface area contributed by atoms with Crippen LogP contribution in [0.3, 0.4) is 0 Å². The number of nitrogens with zero attached hydrogens (tertiary/aromatic N) is 4. The van der Waals surface area contributed by atoms with Gasteiger partial charge in [0, 0.05) is 19.2 Å². The zero-order valence-electron chi connectivity index (χ0n) is 9.35. The van der Waals surface area contributed by atoms with Gasteiger partial charge in [-0.1, -0.05) is 12.8 Å². The van der Waals surface area contributed by atoms with Crippen LogP contribution in [0.1, 0.15) is 37.4 Å². The molecular weight excluding hydrogens is 202 g/mol. The molecular formula is C11H15N5. The SMILES string of the molecule is Cn1cc(-c2n[nH]c(C3CCCC3)n2)cn1. The van der Waals surface area contributed by atoms with Gasteiger partial charge in [0.15, 0.2) is 5.82 Å². The smallest absolute Gasteiger partial charge is 0.184 e. The van der Waals surface area contributed by atoms with Crippen LogP contribution in [0.25, 0.3) is 11.4 Å². The molecule has 1 aliphatic carbocycles. The summed E-state index contributed by atoms with van der Waals surface area (Å²) in [5.41, 5.74) is 0.975. The summed E-state index contributed by atoms with van der Waals surface area (Å²) >= 11 is 0. The van der Waals surface area contributed by atoms with Gasteiger partial charge in [0.05, 0.1) is 11.8 Å². The van der Waals surface area contributed by atoms with E-state index in [-0.39, 0.29) is 0 Å². The van der Waals surface area contributed by atoms with Gasteiger partial charge in [0.2, 0.25) is 0 Å². The van der Waals surface area contributed by atoms with Gasteiger partial charge >= 0.3 is 0 Å². The molecule has 84 valence electrons. The summed E-state index contributed by atoms with van der Waals surface area (Å²) in [5, 5.41) is 11.4. The Morgan fingerprint density at radius 3 is 2.88 bits per heavy atom. The molecule has 16 heavy (non-hydrogen) atoms. The minimum absolute atomic E-state index is 0.581. The van der Waals surface area contributed by atoms with Gasteiger partial charge in [-0.3, -0.25) is 9.78 Å². The number of rotatable bonds is 2. The molecule has 1 aliphatic rings. The molecule has 5 heteroatoms. The van der Waals surface area contributed by atoms with Crippen molar-refractivity contribution in [2.24, 2.45) is 7.05 Å².